The second-order valence-electron chi connectivity index (χ2n) is 5.69. The molecule has 0 unspecified atom stereocenters. The van der Waals surface area contributed by atoms with E-state index in [1.165, 1.54) is 12.1 Å². The fraction of sp³-hybridized carbons (Fsp3) is 0.118. The molecule has 2 aromatic carbocycles. The Morgan fingerprint density at radius 3 is 2.69 bits per heavy atom. The SMILES string of the molecule is Cc1noc(-c2ccccc2NS(=O)(=O)c2ccc3c(c2)C(=O)OC3)n1. The number of ether oxygens (including phenoxy) is 1. The minimum atomic E-state index is -3.93. The lowest BCUT2D eigenvalue weighted by Gasteiger charge is -2.11. The molecule has 2 heterocycles. The first kappa shape index (κ1) is 16.3. The molecule has 0 bridgehead atoms. The normalized spacial score (nSPS) is 13.3. The largest absolute Gasteiger partial charge is 0.457 e. The van der Waals surface area contributed by atoms with Gasteiger partial charge in [0.15, 0.2) is 5.82 Å². The zero-order chi connectivity index (χ0) is 18.3. The smallest absolute Gasteiger partial charge is 0.338 e. The number of aryl methyl sites for hydroxylation is 1. The summed E-state index contributed by atoms with van der Waals surface area (Å²) in [6.07, 6.45) is 0. The molecule has 0 atom stereocenters. The van der Waals surface area contributed by atoms with Crippen molar-refractivity contribution in [2.24, 2.45) is 0 Å². The second-order valence-corrected chi connectivity index (χ2v) is 7.38. The third-order valence-corrected chi connectivity index (χ3v) is 5.26. The van der Waals surface area contributed by atoms with E-state index in [1.807, 2.05) is 0 Å². The minimum absolute atomic E-state index is 0.0355. The molecule has 0 amide bonds. The van der Waals surface area contributed by atoms with Gasteiger partial charge in [-0.2, -0.15) is 4.98 Å². The van der Waals surface area contributed by atoms with Crippen LogP contribution in [0.3, 0.4) is 0 Å². The molecule has 9 heteroatoms. The Hall–Kier alpha value is -3.20. The summed E-state index contributed by atoms with van der Waals surface area (Å²) in [5, 5.41) is 3.72. The van der Waals surface area contributed by atoms with Crippen LogP contribution in [-0.2, 0) is 21.4 Å². The summed E-state index contributed by atoms with van der Waals surface area (Å²) in [4.78, 5) is 15.8. The molecule has 26 heavy (non-hydrogen) atoms. The Balaban J connectivity index is 1.72. The van der Waals surface area contributed by atoms with Crippen LogP contribution < -0.4 is 4.72 Å². The fourth-order valence-corrected chi connectivity index (χ4v) is 3.73. The molecule has 0 saturated heterocycles. The van der Waals surface area contributed by atoms with Crippen LogP contribution >= 0.6 is 0 Å². The zero-order valence-corrected chi connectivity index (χ0v) is 14.4. The first-order valence-electron chi connectivity index (χ1n) is 7.66. The number of carbonyl (C=O) groups is 1. The molecule has 0 aliphatic carbocycles. The number of para-hydroxylation sites is 1. The summed E-state index contributed by atoms with van der Waals surface area (Å²) < 4.78 is 38.1. The van der Waals surface area contributed by atoms with Crippen LogP contribution in [0.25, 0.3) is 11.5 Å². The van der Waals surface area contributed by atoms with Crippen LogP contribution in [-0.4, -0.2) is 24.5 Å². The Bertz CT molecular complexity index is 1120. The molecular weight excluding hydrogens is 358 g/mol. The van der Waals surface area contributed by atoms with Crippen molar-refractivity contribution in [3.63, 3.8) is 0 Å². The van der Waals surface area contributed by atoms with Crippen molar-refractivity contribution >= 4 is 21.7 Å². The summed E-state index contributed by atoms with van der Waals surface area (Å²) in [7, 11) is -3.93. The van der Waals surface area contributed by atoms with Crippen molar-refractivity contribution in [1.82, 2.24) is 10.1 Å². The number of fused-ring (bicyclic) bond motifs is 1. The highest BCUT2D eigenvalue weighted by Crippen LogP contribution is 2.29. The van der Waals surface area contributed by atoms with E-state index in [2.05, 4.69) is 14.9 Å². The van der Waals surface area contributed by atoms with Gasteiger partial charge in [-0.15, -0.1) is 0 Å². The lowest BCUT2D eigenvalue weighted by molar-refractivity contribution is 0.0535. The van der Waals surface area contributed by atoms with E-state index in [9.17, 15) is 13.2 Å². The Morgan fingerprint density at radius 1 is 1.12 bits per heavy atom. The average molecular weight is 371 g/mol. The number of carbonyl (C=O) groups excluding carboxylic acids is 1. The molecule has 0 radical (unpaired) electrons. The van der Waals surface area contributed by atoms with Crippen molar-refractivity contribution < 1.29 is 22.5 Å². The van der Waals surface area contributed by atoms with Gasteiger partial charge in [0.1, 0.15) is 6.61 Å². The van der Waals surface area contributed by atoms with Crippen LogP contribution in [0, 0.1) is 6.92 Å². The molecule has 4 rings (SSSR count). The highest BCUT2D eigenvalue weighted by Gasteiger charge is 2.25. The number of nitrogens with one attached hydrogen (secondary N) is 1. The lowest BCUT2D eigenvalue weighted by atomic mass is 10.1. The molecule has 1 aliphatic rings. The van der Waals surface area contributed by atoms with E-state index in [-0.39, 0.29) is 23.0 Å². The number of rotatable bonds is 4. The second kappa shape index (κ2) is 5.95. The highest BCUT2D eigenvalue weighted by molar-refractivity contribution is 7.92. The molecule has 132 valence electrons. The maximum atomic E-state index is 12.8. The predicted octanol–water partition coefficient (Wildman–Crippen LogP) is 2.52. The summed E-state index contributed by atoms with van der Waals surface area (Å²) in [5.74, 6) is 0.118. The Labute approximate surface area is 148 Å². The number of hydrogen-bond donors (Lipinski definition) is 1. The number of hydrogen-bond acceptors (Lipinski definition) is 7. The van der Waals surface area contributed by atoms with E-state index < -0.39 is 16.0 Å². The van der Waals surface area contributed by atoms with Gasteiger partial charge in [-0.3, -0.25) is 4.72 Å². The topological polar surface area (TPSA) is 111 Å². The number of aromatic nitrogens is 2. The Kier molecular flexibility index (Phi) is 3.73. The molecular formula is C17H13N3O5S. The van der Waals surface area contributed by atoms with Crippen LogP contribution in [0.2, 0.25) is 0 Å². The average Bonchev–Trinajstić information content (AvgIpc) is 3.21. The molecule has 0 saturated carbocycles. The third-order valence-electron chi connectivity index (χ3n) is 3.90. The summed E-state index contributed by atoms with van der Waals surface area (Å²) in [6, 6.07) is 11.0. The number of anilines is 1. The number of cyclic esters (lactones) is 1. The predicted molar refractivity (Wildman–Crippen MR) is 90.8 cm³/mol. The van der Waals surface area contributed by atoms with Gasteiger partial charge in [-0.1, -0.05) is 23.4 Å². The van der Waals surface area contributed by atoms with Crippen LogP contribution in [0.1, 0.15) is 21.7 Å². The summed E-state index contributed by atoms with van der Waals surface area (Å²) >= 11 is 0. The molecule has 0 fully saturated rings. The van der Waals surface area contributed by atoms with Crippen LogP contribution in [0.15, 0.2) is 51.9 Å². The maximum absolute atomic E-state index is 12.8. The highest BCUT2D eigenvalue weighted by atomic mass is 32.2. The lowest BCUT2D eigenvalue weighted by Crippen LogP contribution is -2.14. The van der Waals surface area contributed by atoms with Gasteiger partial charge in [0, 0.05) is 5.56 Å². The van der Waals surface area contributed by atoms with Crippen LogP contribution in [0.5, 0.6) is 0 Å². The molecule has 8 nitrogen and oxygen atoms in total. The number of nitrogens with zero attached hydrogens (tertiary/aromatic N) is 2. The molecule has 3 aromatic rings. The molecule has 0 spiro atoms. The molecule has 1 aromatic heterocycles. The van der Waals surface area contributed by atoms with E-state index in [0.717, 1.165) is 0 Å². The first-order chi connectivity index (χ1) is 12.4. The van der Waals surface area contributed by atoms with Crippen molar-refractivity contribution in [3.05, 3.63) is 59.4 Å². The maximum Gasteiger partial charge on any atom is 0.338 e. The van der Waals surface area contributed by atoms with Gasteiger partial charge >= 0.3 is 5.97 Å². The number of sulfonamides is 1. The van der Waals surface area contributed by atoms with Gasteiger partial charge in [-0.25, -0.2) is 13.2 Å². The summed E-state index contributed by atoms with van der Waals surface area (Å²) in [5.41, 5.74) is 1.67. The summed E-state index contributed by atoms with van der Waals surface area (Å²) in [6.45, 7) is 1.82. The van der Waals surface area contributed by atoms with Gasteiger partial charge in [-0.05, 0) is 31.2 Å². The quantitative estimate of drug-likeness (QED) is 0.701. The third kappa shape index (κ3) is 2.82. The zero-order valence-electron chi connectivity index (χ0n) is 13.6. The monoisotopic (exact) mass is 371 g/mol. The van der Waals surface area contributed by atoms with Gasteiger partial charge in [0.05, 0.1) is 21.7 Å². The fourth-order valence-electron chi connectivity index (χ4n) is 2.63. The number of esters is 1. The minimum Gasteiger partial charge on any atom is -0.457 e. The van der Waals surface area contributed by atoms with E-state index in [1.54, 1.807) is 37.3 Å². The molecule has 1 aliphatic heterocycles. The van der Waals surface area contributed by atoms with Gasteiger partial charge in [0.2, 0.25) is 0 Å². The van der Waals surface area contributed by atoms with Gasteiger partial charge in [0.25, 0.3) is 15.9 Å². The van der Waals surface area contributed by atoms with Gasteiger partial charge < -0.3 is 9.26 Å². The van der Waals surface area contributed by atoms with Crippen LogP contribution in [0.4, 0.5) is 5.69 Å². The standard InChI is InChI=1S/C17H13N3O5S/c1-10-18-16(25-19-10)13-4-2-3-5-15(13)20-26(22,23)12-7-6-11-9-24-17(21)14(11)8-12/h2-8,20H,9H2,1H3. The Morgan fingerprint density at radius 2 is 1.92 bits per heavy atom. The number of benzene rings is 2. The van der Waals surface area contributed by atoms with E-state index in [0.29, 0.717) is 22.6 Å². The molecule has 1 N–H and O–H groups in total. The first-order valence-corrected chi connectivity index (χ1v) is 9.15. The van der Waals surface area contributed by atoms with E-state index in [4.69, 9.17) is 9.26 Å². The van der Waals surface area contributed by atoms with Crippen molar-refractivity contribution in [2.45, 2.75) is 18.4 Å². The van der Waals surface area contributed by atoms with Crippen molar-refractivity contribution in [1.29, 1.82) is 0 Å². The van der Waals surface area contributed by atoms with Crippen molar-refractivity contribution in [3.8, 4) is 11.5 Å². The van der Waals surface area contributed by atoms with E-state index >= 15 is 0 Å². The van der Waals surface area contributed by atoms with Crippen molar-refractivity contribution in [2.75, 3.05) is 4.72 Å².